The summed E-state index contributed by atoms with van der Waals surface area (Å²) in [6, 6.07) is 113. The minimum Gasteiger partial charge on any atom is -0.456 e. The third-order valence-electron chi connectivity index (χ3n) is 16.4. The molecule has 15 aromatic rings. The van der Waals surface area contributed by atoms with Gasteiger partial charge in [0.2, 0.25) is 0 Å². The Morgan fingerprint density at radius 2 is 0.662 bits per heavy atom. The minimum atomic E-state index is -3.12. The van der Waals surface area contributed by atoms with Crippen LogP contribution in [0, 0.1) is 0 Å². The monoisotopic (exact) mass is 1010 g/mol. The van der Waals surface area contributed by atoms with Crippen LogP contribution in [-0.4, -0.2) is 25.3 Å². The zero-order chi connectivity index (χ0) is 50.9. The van der Waals surface area contributed by atoms with E-state index in [4.69, 9.17) is 4.42 Å². The maximum absolute atomic E-state index is 6.49. The molecule has 0 spiro atoms. The van der Waals surface area contributed by atoms with Crippen LogP contribution in [0.15, 0.2) is 308 Å². The quantitative estimate of drug-likeness (QED) is 0.0989. The Kier molecular flexibility index (Phi) is 10.6. The van der Waals surface area contributed by atoms with Gasteiger partial charge in [0, 0.05) is 43.7 Å². The summed E-state index contributed by atoms with van der Waals surface area (Å²) in [4.78, 5) is 0. The SMILES string of the molecule is c1ccc([Si](c2ccccc2)(c2ccccc2)c2cccc(-n3c4ccccc4c4ccc(-n5c6ccccc6c6c([Si](c7ccccc7)(c7ccccc7)c7ccc8oc9ccccc9c8c7)cccc65)cc43)c2)cc1. The Labute approximate surface area is 448 Å². The summed E-state index contributed by atoms with van der Waals surface area (Å²) in [5.74, 6) is 0. The number of nitrogens with zero attached hydrogens (tertiary/aromatic N) is 2. The highest BCUT2D eigenvalue weighted by molar-refractivity contribution is 7.21. The van der Waals surface area contributed by atoms with E-state index in [9.17, 15) is 0 Å². The van der Waals surface area contributed by atoms with E-state index in [1.807, 2.05) is 0 Å². The molecule has 362 valence electrons. The van der Waals surface area contributed by atoms with Crippen LogP contribution in [0.4, 0.5) is 0 Å². The molecule has 0 N–H and O–H groups in total. The molecule has 3 heterocycles. The fraction of sp³-hybridized carbons (Fsp3) is 0. The van der Waals surface area contributed by atoms with Gasteiger partial charge in [-0.3, -0.25) is 0 Å². The summed E-state index contributed by atoms with van der Waals surface area (Å²) in [5, 5.41) is 17.9. The van der Waals surface area contributed by atoms with Crippen molar-refractivity contribution in [3.05, 3.63) is 303 Å². The standard InChI is InChI=1S/C72H50N2OSi2/c1-6-25-53(26-7-1)76(54-27-8-2-9-28-54,55-29-10-3-11-30-55)58-35-22-24-51(48-58)74-65-39-19-16-36-60(65)61-46-44-52(49-68(61)74)73-66-40-20-17-38-63(66)72-67(73)41-23-43-71(72)77(56-31-12-4-13-32-56,57-33-14-5-15-34-57)59-45-47-70-64(50-59)62-37-18-21-42-69(62)75-70/h1-50H. The van der Waals surface area contributed by atoms with Crippen LogP contribution in [0.1, 0.15) is 0 Å². The number of fused-ring (bicyclic) bond motifs is 9. The first-order valence-corrected chi connectivity index (χ1v) is 30.6. The van der Waals surface area contributed by atoms with Gasteiger partial charge in [-0.25, -0.2) is 0 Å². The number of aromatic nitrogens is 2. The Bertz CT molecular complexity index is 4540. The maximum atomic E-state index is 6.49. The molecule has 0 aliphatic carbocycles. The van der Waals surface area contributed by atoms with Crippen LogP contribution in [0.3, 0.4) is 0 Å². The number of para-hydroxylation sites is 3. The van der Waals surface area contributed by atoms with Crippen molar-refractivity contribution in [3.63, 3.8) is 0 Å². The van der Waals surface area contributed by atoms with Gasteiger partial charge in [0.05, 0.1) is 22.1 Å². The molecule has 15 rings (SSSR count). The van der Waals surface area contributed by atoms with Crippen LogP contribution in [0.25, 0.3) is 76.9 Å². The van der Waals surface area contributed by atoms with E-state index in [0.717, 1.165) is 38.8 Å². The molecule has 0 bridgehead atoms. The van der Waals surface area contributed by atoms with Gasteiger partial charge in [-0.1, -0.05) is 249 Å². The first-order valence-electron chi connectivity index (χ1n) is 26.6. The molecule has 0 fully saturated rings. The van der Waals surface area contributed by atoms with Crippen molar-refractivity contribution in [1.82, 2.24) is 9.13 Å². The first kappa shape index (κ1) is 44.9. The largest absolute Gasteiger partial charge is 0.456 e. The Morgan fingerprint density at radius 3 is 1.29 bits per heavy atom. The zero-order valence-electron chi connectivity index (χ0n) is 42.2. The van der Waals surface area contributed by atoms with E-state index >= 15 is 0 Å². The fourth-order valence-corrected chi connectivity index (χ4v) is 23.0. The lowest BCUT2D eigenvalue weighted by Gasteiger charge is -2.35. The predicted octanol–water partition coefficient (Wildman–Crippen LogP) is 12.5. The molecule has 0 aliphatic heterocycles. The molecule has 0 saturated heterocycles. The van der Waals surface area contributed by atoms with Crippen molar-refractivity contribution >= 4 is 123 Å². The van der Waals surface area contributed by atoms with Crippen LogP contribution < -0.4 is 41.5 Å². The van der Waals surface area contributed by atoms with Gasteiger partial charge in [0.25, 0.3) is 0 Å². The second kappa shape index (κ2) is 18.1. The Morgan fingerprint density at radius 1 is 0.234 bits per heavy atom. The highest BCUT2D eigenvalue weighted by Gasteiger charge is 2.44. The third-order valence-corrected chi connectivity index (χ3v) is 26.0. The molecule has 0 amide bonds. The predicted molar refractivity (Wildman–Crippen MR) is 330 cm³/mol. The van der Waals surface area contributed by atoms with E-state index in [1.54, 1.807) is 0 Å². The molecule has 0 radical (unpaired) electrons. The molecule has 5 heteroatoms. The van der Waals surface area contributed by atoms with Gasteiger partial charge in [0.15, 0.2) is 16.1 Å². The molecule has 0 saturated carbocycles. The highest BCUT2D eigenvalue weighted by Crippen LogP contribution is 2.38. The van der Waals surface area contributed by atoms with Crippen LogP contribution in [0.5, 0.6) is 0 Å². The lowest BCUT2D eigenvalue weighted by Crippen LogP contribution is -2.74. The van der Waals surface area contributed by atoms with Gasteiger partial charge in [-0.05, 0) is 96.1 Å². The lowest BCUT2D eigenvalue weighted by atomic mass is 10.1. The Hall–Kier alpha value is -9.53. The summed E-state index contributed by atoms with van der Waals surface area (Å²) >= 11 is 0. The second-order valence-electron chi connectivity index (χ2n) is 20.3. The summed E-state index contributed by atoms with van der Waals surface area (Å²) < 4.78 is 11.5. The lowest BCUT2D eigenvalue weighted by molar-refractivity contribution is 0.669. The summed E-state index contributed by atoms with van der Waals surface area (Å²) in [5.41, 5.74) is 8.74. The number of hydrogen-bond acceptors (Lipinski definition) is 1. The number of benzene rings is 12. The number of hydrogen-bond donors (Lipinski definition) is 0. The van der Waals surface area contributed by atoms with E-state index < -0.39 is 16.1 Å². The van der Waals surface area contributed by atoms with E-state index in [1.165, 1.54) is 79.6 Å². The van der Waals surface area contributed by atoms with E-state index in [-0.39, 0.29) is 0 Å². The average Bonchev–Trinajstić information content (AvgIpc) is 4.40. The van der Waals surface area contributed by atoms with Crippen LogP contribution in [-0.2, 0) is 0 Å². The molecular formula is C72H50N2OSi2. The van der Waals surface area contributed by atoms with Gasteiger partial charge >= 0.3 is 0 Å². The smallest absolute Gasteiger partial charge is 0.180 e. The van der Waals surface area contributed by atoms with Gasteiger partial charge in [-0.2, -0.15) is 0 Å². The van der Waals surface area contributed by atoms with Crippen molar-refractivity contribution in [2.24, 2.45) is 0 Å². The molecule has 3 nitrogen and oxygen atoms in total. The highest BCUT2D eigenvalue weighted by atomic mass is 28.3. The van der Waals surface area contributed by atoms with Crippen LogP contribution in [0.2, 0.25) is 0 Å². The second-order valence-corrected chi connectivity index (χ2v) is 27.9. The third kappa shape index (κ3) is 6.81. The van der Waals surface area contributed by atoms with Crippen LogP contribution >= 0.6 is 0 Å². The van der Waals surface area contributed by atoms with Crippen molar-refractivity contribution in [1.29, 1.82) is 0 Å². The molecule has 12 aromatic carbocycles. The van der Waals surface area contributed by atoms with E-state index in [2.05, 4.69) is 312 Å². The van der Waals surface area contributed by atoms with Gasteiger partial charge < -0.3 is 13.6 Å². The summed E-state index contributed by atoms with van der Waals surface area (Å²) in [6.07, 6.45) is 0. The minimum absolute atomic E-state index is 0.901. The molecule has 0 aliphatic rings. The van der Waals surface area contributed by atoms with Crippen molar-refractivity contribution in [2.45, 2.75) is 0 Å². The average molecular weight is 1020 g/mol. The fourth-order valence-electron chi connectivity index (χ4n) is 13.2. The number of furan rings is 1. The normalized spacial score (nSPS) is 12.2. The number of rotatable bonds is 10. The molecule has 77 heavy (non-hydrogen) atoms. The topological polar surface area (TPSA) is 23.0 Å². The summed E-state index contributed by atoms with van der Waals surface area (Å²) in [6.45, 7) is 0. The van der Waals surface area contributed by atoms with Crippen molar-refractivity contribution in [3.8, 4) is 11.4 Å². The molecule has 0 unspecified atom stereocenters. The van der Waals surface area contributed by atoms with Gasteiger partial charge in [-0.15, -0.1) is 0 Å². The molecule has 0 atom stereocenters. The summed E-state index contributed by atoms with van der Waals surface area (Å²) in [7, 11) is -5.95. The molecular weight excluding hydrogens is 965 g/mol. The van der Waals surface area contributed by atoms with Crippen molar-refractivity contribution < 1.29 is 4.42 Å². The van der Waals surface area contributed by atoms with Crippen molar-refractivity contribution in [2.75, 3.05) is 0 Å². The van der Waals surface area contributed by atoms with Gasteiger partial charge in [0.1, 0.15) is 11.2 Å². The Balaban J connectivity index is 0.993. The first-order chi connectivity index (χ1) is 38.2. The van der Waals surface area contributed by atoms with E-state index in [0.29, 0.717) is 0 Å². The maximum Gasteiger partial charge on any atom is 0.180 e. The molecule has 3 aromatic heterocycles. The zero-order valence-corrected chi connectivity index (χ0v) is 44.2.